The van der Waals surface area contributed by atoms with Crippen molar-refractivity contribution >= 4 is 28.7 Å². The summed E-state index contributed by atoms with van der Waals surface area (Å²) in [4.78, 5) is 43.1. The molecular weight excluding hydrogens is 711 g/mol. The summed E-state index contributed by atoms with van der Waals surface area (Å²) in [5.74, 6) is -2.53. The number of hydrogen-bond donors (Lipinski definition) is 1. The van der Waals surface area contributed by atoms with E-state index in [1.165, 1.54) is 23.2 Å². The molecule has 17 heteroatoms. The maximum atomic E-state index is 14.3. The summed E-state index contributed by atoms with van der Waals surface area (Å²) in [7, 11) is 0. The number of carbonyl (C=O) groups excluding carboxylic acids is 2. The van der Waals surface area contributed by atoms with Crippen molar-refractivity contribution in [3.8, 4) is 11.4 Å². The summed E-state index contributed by atoms with van der Waals surface area (Å²) in [5, 5.41) is 4.69. The number of aliphatic imine (C=N–C) groups is 1. The number of aromatic nitrogens is 3. The van der Waals surface area contributed by atoms with Gasteiger partial charge in [-0.1, -0.05) is 23.4 Å². The minimum atomic E-state index is -4.93. The fraction of sp³-hybridized carbons (Fsp3) is 0.278. The predicted octanol–water partition coefficient (Wildman–Crippen LogP) is 7.19. The molecule has 2 aliphatic rings. The number of amides is 2. The molecule has 10 nitrogen and oxygen atoms in total. The van der Waals surface area contributed by atoms with E-state index in [1.807, 2.05) is 0 Å². The van der Waals surface area contributed by atoms with Crippen LogP contribution in [0, 0.1) is 12.7 Å². The first-order valence-corrected chi connectivity index (χ1v) is 16.2. The monoisotopic (exact) mass is 739 g/mol. The van der Waals surface area contributed by atoms with Crippen LogP contribution in [0.3, 0.4) is 0 Å². The molecular formula is C36H28F7N7O3. The molecule has 53 heavy (non-hydrogen) atoms. The number of fused-ring (bicyclic) bond motifs is 2. The summed E-state index contributed by atoms with van der Waals surface area (Å²) in [6.07, 6.45) is -10.1. The predicted molar refractivity (Wildman–Crippen MR) is 175 cm³/mol. The van der Waals surface area contributed by atoms with Crippen LogP contribution < -0.4 is 5.73 Å². The first kappa shape index (κ1) is 35.5. The molecule has 0 saturated heterocycles. The molecule has 0 saturated carbocycles. The molecule has 0 spiro atoms. The van der Waals surface area contributed by atoms with Gasteiger partial charge in [-0.3, -0.25) is 14.5 Å². The van der Waals surface area contributed by atoms with Crippen LogP contribution in [0.2, 0.25) is 0 Å². The van der Waals surface area contributed by atoms with Crippen LogP contribution in [0.15, 0.2) is 76.4 Å². The van der Waals surface area contributed by atoms with E-state index in [1.54, 1.807) is 25.1 Å². The molecule has 274 valence electrons. The summed E-state index contributed by atoms with van der Waals surface area (Å²) in [5.41, 5.74) is 5.32. The number of aryl methyl sites for hydroxylation is 1. The smallest absolute Gasteiger partial charge is 0.369 e. The number of guanidine groups is 1. The summed E-state index contributed by atoms with van der Waals surface area (Å²) >= 11 is 0. The van der Waals surface area contributed by atoms with Gasteiger partial charge in [-0.15, -0.1) is 0 Å². The van der Waals surface area contributed by atoms with Crippen LogP contribution in [0.25, 0.3) is 22.4 Å². The van der Waals surface area contributed by atoms with Gasteiger partial charge in [0.25, 0.3) is 11.8 Å². The van der Waals surface area contributed by atoms with Gasteiger partial charge in [0.15, 0.2) is 22.9 Å². The third-order valence-corrected chi connectivity index (χ3v) is 9.31. The first-order chi connectivity index (χ1) is 25.0. The van der Waals surface area contributed by atoms with Crippen molar-refractivity contribution in [1.29, 1.82) is 0 Å². The lowest BCUT2D eigenvalue weighted by molar-refractivity contribution is -0.139. The molecule has 1 atom stereocenters. The Morgan fingerprint density at radius 2 is 1.75 bits per heavy atom. The van der Waals surface area contributed by atoms with Gasteiger partial charge < -0.3 is 15.2 Å². The summed E-state index contributed by atoms with van der Waals surface area (Å²) in [6, 6.07) is 12.5. The minimum absolute atomic E-state index is 0.0660. The molecule has 0 unspecified atom stereocenters. The Kier molecular flexibility index (Phi) is 8.69. The number of carbonyl (C=O) groups is 2. The number of benzene rings is 3. The molecule has 0 radical (unpaired) electrons. The molecule has 0 aliphatic carbocycles. The van der Waals surface area contributed by atoms with E-state index >= 15 is 0 Å². The highest BCUT2D eigenvalue weighted by Gasteiger charge is 2.49. The lowest BCUT2D eigenvalue weighted by atomic mass is 9.84. The molecule has 2 amide bonds. The molecule has 7 rings (SSSR count). The zero-order valence-corrected chi connectivity index (χ0v) is 27.7. The Morgan fingerprint density at radius 1 is 1.00 bits per heavy atom. The molecule has 2 aromatic heterocycles. The Labute approximate surface area is 296 Å². The van der Waals surface area contributed by atoms with Crippen molar-refractivity contribution in [3.05, 3.63) is 112 Å². The van der Waals surface area contributed by atoms with Gasteiger partial charge in [0.2, 0.25) is 0 Å². The fourth-order valence-corrected chi connectivity index (χ4v) is 6.65. The second-order valence-corrected chi connectivity index (χ2v) is 12.9. The zero-order chi connectivity index (χ0) is 37.9. The standard InChI is InChI=1S/C36H28F7N7O3/c1-19-25-14-21(4-10-29(25)53-48-19)30-45-15-22-17-49(18-28(22)46-30)31(51)26-13-20(3-9-27(26)36(41,42)43)16-50-32(52)34(47-33(50)44,11-2-12-35(38,39)40)23-5-7-24(37)8-6-23/h3-10,13-15H,2,11-12,16-18H2,1H3,(H2,44,47)/t34-/m1/s1. The molecule has 2 N–H and O–H groups in total. The van der Waals surface area contributed by atoms with Gasteiger partial charge in [-0.2, -0.15) is 26.3 Å². The summed E-state index contributed by atoms with van der Waals surface area (Å²) in [6.45, 7) is 1.15. The quantitative estimate of drug-likeness (QED) is 0.167. The van der Waals surface area contributed by atoms with Crippen LogP contribution in [0.5, 0.6) is 0 Å². The first-order valence-electron chi connectivity index (χ1n) is 16.2. The van der Waals surface area contributed by atoms with Crippen LogP contribution in [0.4, 0.5) is 30.7 Å². The second kappa shape index (κ2) is 13.0. The van der Waals surface area contributed by atoms with Crippen molar-refractivity contribution in [1.82, 2.24) is 24.9 Å². The molecule has 0 fully saturated rings. The highest BCUT2D eigenvalue weighted by atomic mass is 19.4. The molecule has 0 bridgehead atoms. The average Bonchev–Trinajstić information content (AvgIpc) is 3.77. The number of nitrogens with two attached hydrogens (primary N) is 1. The van der Waals surface area contributed by atoms with Gasteiger partial charge in [-0.25, -0.2) is 19.4 Å². The average molecular weight is 740 g/mol. The van der Waals surface area contributed by atoms with E-state index in [2.05, 4.69) is 20.1 Å². The van der Waals surface area contributed by atoms with E-state index in [0.29, 0.717) is 33.9 Å². The lowest BCUT2D eigenvalue weighted by Gasteiger charge is -2.27. The Balaban J connectivity index is 1.15. The van der Waals surface area contributed by atoms with Gasteiger partial charge in [0.1, 0.15) is 5.82 Å². The second-order valence-electron chi connectivity index (χ2n) is 12.9. The van der Waals surface area contributed by atoms with E-state index < -0.39 is 78.4 Å². The Bertz CT molecular complexity index is 2290. The largest absolute Gasteiger partial charge is 0.417 e. The number of halogens is 7. The molecule has 2 aliphatic heterocycles. The SMILES string of the molecule is Cc1noc2ccc(-c3ncc4c(n3)CN(C(=O)c3cc(CN5C(=O)[C@@](CCCC(F)(F)F)(c6ccc(F)cc6)N=C5N)ccc3C(F)(F)F)C4)cc12. The number of alkyl halides is 6. The van der Waals surface area contributed by atoms with Crippen LogP contribution in [-0.2, 0) is 36.1 Å². The van der Waals surface area contributed by atoms with Gasteiger partial charge in [-0.05, 0) is 73.4 Å². The van der Waals surface area contributed by atoms with Crippen LogP contribution in [-0.4, -0.2) is 48.9 Å². The fourth-order valence-electron chi connectivity index (χ4n) is 6.65. The zero-order valence-electron chi connectivity index (χ0n) is 27.7. The van der Waals surface area contributed by atoms with E-state index in [0.717, 1.165) is 40.6 Å². The lowest BCUT2D eigenvalue weighted by Crippen LogP contribution is -2.42. The Hall–Kier alpha value is -5.87. The van der Waals surface area contributed by atoms with E-state index in [9.17, 15) is 40.3 Å². The normalized spacial score (nSPS) is 17.5. The topological polar surface area (TPSA) is 131 Å². The Morgan fingerprint density at radius 3 is 2.47 bits per heavy atom. The third kappa shape index (κ3) is 6.78. The number of hydrogen-bond acceptors (Lipinski definition) is 8. The van der Waals surface area contributed by atoms with Crippen molar-refractivity contribution < 1.29 is 44.8 Å². The number of nitrogens with zero attached hydrogens (tertiary/aromatic N) is 6. The molecule has 4 heterocycles. The van der Waals surface area contributed by atoms with Gasteiger partial charge in [0, 0.05) is 35.7 Å². The highest BCUT2D eigenvalue weighted by molar-refractivity contribution is 6.07. The number of rotatable bonds is 8. The maximum absolute atomic E-state index is 14.3. The van der Waals surface area contributed by atoms with E-state index in [4.69, 9.17) is 10.3 Å². The third-order valence-electron chi connectivity index (χ3n) is 9.31. The van der Waals surface area contributed by atoms with Gasteiger partial charge >= 0.3 is 12.4 Å². The van der Waals surface area contributed by atoms with Crippen molar-refractivity contribution in [2.45, 2.75) is 63.7 Å². The van der Waals surface area contributed by atoms with Crippen LogP contribution in [0.1, 0.15) is 63.3 Å². The summed E-state index contributed by atoms with van der Waals surface area (Å²) < 4.78 is 101. The maximum Gasteiger partial charge on any atom is 0.417 e. The van der Waals surface area contributed by atoms with Crippen LogP contribution >= 0.6 is 0 Å². The highest BCUT2D eigenvalue weighted by Crippen LogP contribution is 2.41. The molecule has 5 aromatic rings. The van der Waals surface area contributed by atoms with E-state index in [-0.39, 0.29) is 24.2 Å². The van der Waals surface area contributed by atoms with Gasteiger partial charge in [0.05, 0.1) is 35.6 Å². The molecule has 3 aromatic carbocycles. The van der Waals surface area contributed by atoms with Crippen molar-refractivity contribution in [2.24, 2.45) is 10.7 Å². The minimum Gasteiger partial charge on any atom is -0.369 e. The van der Waals surface area contributed by atoms with Crippen molar-refractivity contribution in [2.75, 3.05) is 0 Å². The van der Waals surface area contributed by atoms with Crippen molar-refractivity contribution in [3.63, 3.8) is 0 Å².